The molecule has 0 saturated heterocycles. The van der Waals surface area contributed by atoms with E-state index < -0.39 is 18.8 Å². The fourth-order valence-corrected chi connectivity index (χ4v) is 17.2. The minimum atomic E-state index is -2.37. The fourth-order valence-electron chi connectivity index (χ4n) is 4.19. The SMILES string of the molecule is CCCCCCC[CH2][Sn]([CH2]CCC)([CH2]CCCCCCC)[O]CCCCC. The van der Waals surface area contributed by atoms with E-state index in [1.807, 2.05) is 0 Å². The minimum absolute atomic E-state index is 1.08. The van der Waals surface area contributed by atoms with Gasteiger partial charge in [-0.2, -0.15) is 0 Å². The number of hydrogen-bond donors (Lipinski definition) is 0. The van der Waals surface area contributed by atoms with E-state index in [9.17, 15) is 0 Å². The Bertz CT molecular complexity index is 263. The van der Waals surface area contributed by atoms with Gasteiger partial charge in [-0.05, 0) is 0 Å². The van der Waals surface area contributed by atoms with Crippen molar-refractivity contribution >= 4 is 18.8 Å². The molecule has 0 fully saturated rings. The molecule has 0 aliphatic rings. The van der Waals surface area contributed by atoms with E-state index in [-0.39, 0.29) is 0 Å². The standard InChI is InChI=1S/2C8H17.C5H11O.C4H9.Sn/c2*1-3-5-7-8-6-4-2;1-2-3-4-5-6;1-3-4-2;/h2*1,3-8H2,2H3;2-5H2,1H3;1,3-4H2,2H3;/q;;-1;;+1. The summed E-state index contributed by atoms with van der Waals surface area (Å²) in [5.74, 6) is 0. The van der Waals surface area contributed by atoms with Gasteiger partial charge < -0.3 is 0 Å². The van der Waals surface area contributed by atoms with Crippen LogP contribution >= 0.6 is 0 Å². The van der Waals surface area contributed by atoms with Crippen LogP contribution in [0.4, 0.5) is 0 Å². The fraction of sp³-hybridized carbons (Fsp3) is 1.00. The maximum atomic E-state index is 6.90. The molecule has 27 heavy (non-hydrogen) atoms. The molecular formula is C25H54OSn. The van der Waals surface area contributed by atoms with E-state index in [1.54, 1.807) is 0 Å². The monoisotopic (exact) mass is 490 g/mol. The van der Waals surface area contributed by atoms with Crippen molar-refractivity contribution in [2.45, 2.75) is 150 Å². The molecule has 0 radical (unpaired) electrons. The first-order valence-electron chi connectivity index (χ1n) is 12.9. The first-order valence-corrected chi connectivity index (χ1v) is 20.1. The molecular weight excluding hydrogens is 435 g/mol. The first kappa shape index (κ1) is 27.8. The second-order valence-corrected chi connectivity index (χ2v) is 20.7. The van der Waals surface area contributed by atoms with Gasteiger partial charge in [-0.15, -0.1) is 0 Å². The van der Waals surface area contributed by atoms with Crippen molar-refractivity contribution in [1.82, 2.24) is 0 Å². The van der Waals surface area contributed by atoms with E-state index in [4.69, 9.17) is 3.07 Å². The van der Waals surface area contributed by atoms with Crippen molar-refractivity contribution < 1.29 is 3.07 Å². The molecule has 0 bridgehead atoms. The third-order valence-electron chi connectivity index (χ3n) is 6.11. The molecule has 0 N–H and O–H groups in total. The van der Waals surface area contributed by atoms with E-state index in [0.29, 0.717) is 0 Å². The molecule has 0 aromatic heterocycles. The van der Waals surface area contributed by atoms with Crippen LogP contribution in [0.25, 0.3) is 0 Å². The summed E-state index contributed by atoms with van der Waals surface area (Å²) < 4.78 is 11.4. The molecule has 0 aliphatic heterocycles. The predicted octanol–water partition coefficient (Wildman–Crippen LogP) is 9.66. The zero-order valence-corrected chi connectivity index (χ0v) is 22.6. The van der Waals surface area contributed by atoms with Gasteiger partial charge in [0.25, 0.3) is 0 Å². The van der Waals surface area contributed by atoms with Crippen LogP contribution in [-0.4, -0.2) is 25.4 Å². The Morgan fingerprint density at radius 1 is 0.407 bits per heavy atom. The molecule has 0 aliphatic carbocycles. The molecule has 0 amide bonds. The molecule has 1 nitrogen and oxygen atoms in total. The molecule has 0 rings (SSSR count). The summed E-state index contributed by atoms with van der Waals surface area (Å²) >= 11 is -2.37. The molecule has 0 atom stereocenters. The van der Waals surface area contributed by atoms with Crippen molar-refractivity contribution in [3.63, 3.8) is 0 Å². The van der Waals surface area contributed by atoms with Crippen LogP contribution in [0.1, 0.15) is 137 Å². The molecule has 0 unspecified atom stereocenters. The number of unbranched alkanes of at least 4 members (excludes halogenated alkanes) is 13. The molecule has 0 saturated carbocycles. The number of hydrogen-bond acceptors (Lipinski definition) is 1. The van der Waals surface area contributed by atoms with Crippen molar-refractivity contribution in [2.75, 3.05) is 6.61 Å². The van der Waals surface area contributed by atoms with Crippen molar-refractivity contribution in [3.05, 3.63) is 0 Å². The second-order valence-electron chi connectivity index (χ2n) is 8.88. The quantitative estimate of drug-likeness (QED) is 0.109. The van der Waals surface area contributed by atoms with Crippen LogP contribution in [0.15, 0.2) is 0 Å². The average molecular weight is 489 g/mol. The molecule has 0 heterocycles. The summed E-state index contributed by atoms with van der Waals surface area (Å²) in [7, 11) is 0. The van der Waals surface area contributed by atoms with Crippen LogP contribution in [0, 0.1) is 0 Å². The van der Waals surface area contributed by atoms with E-state index in [0.717, 1.165) is 6.61 Å². The molecule has 0 aromatic carbocycles. The van der Waals surface area contributed by atoms with Crippen molar-refractivity contribution in [2.24, 2.45) is 0 Å². The van der Waals surface area contributed by atoms with E-state index in [2.05, 4.69) is 27.7 Å². The summed E-state index contributed by atoms with van der Waals surface area (Å²) in [6, 6.07) is 0. The molecule has 0 aromatic rings. The average Bonchev–Trinajstić information content (AvgIpc) is 2.69. The Hall–Kier alpha value is 0.759. The van der Waals surface area contributed by atoms with Gasteiger partial charge in [0.15, 0.2) is 0 Å². The van der Waals surface area contributed by atoms with Crippen molar-refractivity contribution in [3.8, 4) is 0 Å². The Morgan fingerprint density at radius 2 is 0.778 bits per heavy atom. The van der Waals surface area contributed by atoms with Gasteiger partial charge >= 0.3 is 179 Å². The summed E-state index contributed by atoms with van der Waals surface area (Å²) in [5, 5.41) is 0. The van der Waals surface area contributed by atoms with Crippen LogP contribution < -0.4 is 0 Å². The Labute approximate surface area is 178 Å². The maximum absolute atomic E-state index is 6.90. The Kier molecular flexibility index (Phi) is 22.1. The summed E-state index contributed by atoms with van der Waals surface area (Å²) in [6.07, 6.45) is 24.0. The molecule has 2 heteroatoms. The summed E-state index contributed by atoms with van der Waals surface area (Å²) in [5.41, 5.74) is 0. The van der Waals surface area contributed by atoms with Gasteiger partial charge in [-0.3, -0.25) is 0 Å². The van der Waals surface area contributed by atoms with Gasteiger partial charge in [-0.25, -0.2) is 0 Å². The summed E-state index contributed by atoms with van der Waals surface area (Å²) in [4.78, 5) is 0. The van der Waals surface area contributed by atoms with Crippen LogP contribution in [0.2, 0.25) is 13.3 Å². The second kappa shape index (κ2) is 21.5. The van der Waals surface area contributed by atoms with Crippen LogP contribution in [0.3, 0.4) is 0 Å². The zero-order chi connectivity index (χ0) is 20.1. The number of rotatable bonds is 22. The normalized spacial score (nSPS) is 12.0. The predicted molar refractivity (Wildman–Crippen MR) is 127 cm³/mol. The van der Waals surface area contributed by atoms with Gasteiger partial charge in [0.05, 0.1) is 0 Å². The van der Waals surface area contributed by atoms with Gasteiger partial charge in [0, 0.05) is 0 Å². The van der Waals surface area contributed by atoms with Crippen LogP contribution in [-0.2, 0) is 3.07 Å². The third-order valence-corrected chi connectivity index (χ3v) is 19.3. The molecule has 0 spiro atoms. The van der Waals surface area contributed by atoms with E-state index >= 15 is 0 Å². The zero-order valence-electron chi connectivity index (χ0n) is 19.8. The Balaban J connectivity index is 4.49. The summed E-state index contributed by atoms with van der Waals surface area (Å²) in [6.45, 7) is 10.4. The van der Waals surface area contributed by atoms with E-state index in [1.165, 1.54) is 122 Å². The molecule has 164 valence electrons. The first-order chi connectivity index (χ1) is 13.2. The van der Waals surface area contributed by atoms with Gasteiger partial charge in [0.2, 0.25) is 0 Å². The van der Waals surface area contributed by atoms with Gasteiger partial charge in [-0.1, -0.05) is 0 Å². The topological polar surface area (TPSA) is 9.23 Å². The van der Waals surface area contributed by atoms with Gasteiger partial charge in [0.1, 0.15) is 0 Å². The van der Waals surface area contributed by atoms with Crippen molar-refractivity contribution in [1.29, 1.82) is 0 Å². The van der Waals surface area contributed by atoms with Crippen LogP contribution in [0.5, 0.6) is 0 Å². The Morgan fingerprint density at radius 3 is 1.26 bits per heavy atom. The third kappa shape index (κ3) is 17.3.